The van der Waals surface area contributed by atoms with Gasteiger partial charge in [-0.2, -0.15) is 0 Å². The van der Waals surface area contributed by atoms with Gasteiger partial charge in [0.1, 0.15) is 0 Å². The minimum Gasteiger partial charge on any atom is -0.390 e. The molecule has 0 radical (unpaired) electrons. The molecule has 0 heterocycles. The zero-order valence-corrected chi connectivity index (χ0v) is 5.93. The molecular weight excluding hydrogens is 112 g/mol. The first-order valence-electron chi connectivity index (χ1n) is 3.92. The fourth-order valence-corrected chi connectivity index (χ4v) is 2.24. The molecule has 1 nitrogen and oxygen atoms in total. The molecule has 0 bridgehead atoms. The highest BCUT2D eigenvalue weighted by Crippen LogP contribution is 2.54. The molecular formula is C8H14O. The predicted molar refractivity (Wildman–Crippen MR) is 36.1 cm³/mol. The summed E-state index contributed by atoms with van der Waals surface area (Å²) >= 11 is 0. The van der Waals surface area contributed by atoms with Crippen LogP contribution < -0.4 is 0 Å². The second-order valence-corrected chi connectivity index (χ2v) is 3.85. The van der Waals surface area contributed by atoms with E-state index >= 15 is 0 Å². The SMILES string of the molecule is CC1(O)CCC[C@@H]2C[C@@H]21. The smallest absolute Gasteiger partial charge is 0.0650 e. The van der Waals surface area contributed by atoms with E-state index < -0.39 is 0 Å². The van der Waals surface area contributed by atoms with Crippen molar-refractivity contribution >= 4 is 0 Å². The van der Waals surface area contributed by atoms with Gasteiger partial charge in [0.05, 0.1) is 5.60 Å². The third-order valence-corrected chi connectivity index (χ3v) is 2.98. The van der Waals surface area contributed by atoms with Gasteiger partial charge in [0, 0.05) is 0 Å². The van der Waals surface area contributed by atoms with Gasteiger partial charge < -0.3 is 5.11 Å². The van der Waals surface area contributed by atoms with Gasteiger partial charge in [-0.1, -0.05) is 6.42 Å². The summed E-state index contributed by atoms with van der Waals surface area (Å²) in [7, 11) is 0. The Morgan fingerprint density at radius 2 is 2.33 bits per heavy atom. The lowest BCUT2D eigenvalue weighted by atomic mass is 9.86. The summed E-state index contributed by atoms with van der Waals surface area (Å²) in [5, 5.41) is 9.68. The highest BCUT2D eigenvalue weighted by Gasteiger charge is 2.51. The summed E-state index contributed by atoms with van der Waals surface area (Å²) < 4.78 is 0. The Morgan fingerprint density at radius 3 is 2.89 bits per heavy atom. The molecule has 52 valence electrons. The lowest BCUT2D eigenvalue weighted by Crippen LogP contribution is -2.30. The maximum atomic E-state index is 9.68. The zero-order chi connectivity index (χ0) is 6.48. The van der Waals surface area contributed by atoms with E-state index in [4.69, 9.17) is 0 Å². The fraction of sp³-hybridized carbons (Fsp3) is 1.00. The molecule has 1 heteroatoms. The Morgan fingerprint density at radius 1 is 1.56 bits per heavy atom. The lowest BCUT2D eigenvalue weighted by Gasteiger charge is -2.27. The lowest BCUT2D eigenvalue weighted by molar-refractivity contribution is 0.00747. The zero-order valence-electron chi connectivity index (χ0n) is 5.93. The molecule has 1 unspecified atom stereocenters. The van der Waals surface area contributed by atoms with Crippen LogP contribution in [0.1, 0.15) is 32.6 Å². The molecule has 2 aliphatic rings. The van der Waals surface area contributed by atoms with Crippen molar-refractivity contribution in [2.45, 2.75) is 38.2 Å². The van der Waals surface area contributed by atoms with Crippen molar-refractivity contribution in [3.05, 3.63) is 0 Å². The standard InChI is InChI=1S/C8H14O/c1-8(9)4-2-3-6-5-7(6)8/h6-7,9H,2-5H2,1H3/t6-,7+,8?/m1/s1. The maximum Gasteiger partial charge on any atom is 0.0650 e. The topological polar surface area (TPSA) is 20.2 Å². The van der Waals surface area contributed by atoms with Crippen molar-refractivity contribution in [3.63, 3.8) is 0 Å². The van der Waals surface area contributed by atoms with Gasteiger partial charge >= 0.3 is 0 Å². The highest BCUT2D eigenvalue weighted by molar-refractivity contribution is 5.01. The number of rotatable bonds is 0. The van der Waals surface area contributed by atoms with E-state index in [0.29, 0.717) is 5.92 Å². The molecule has 0 aromatic rings. The summed E-state index contributed by atoms with van der Waals surface area (Å²) in [6.45, 7) is 2.00. The molecule has 0 aromatic carbocycles. The molecule has 2 aliphatic carbocycles. The summed E-state index contributed by atoms with van der Waals surface area (Å²) in [4.78, 5) is 0. The largest absolute Gasteiger partial charge is 0.390 e. The van der Waals surface area contributed by atoms with Crippen molar-refractivity contribution in [1.29, 1.82) is 0 Å². The van der Waals surface area contributed by atoms with E-state index in [1.807, 2.05) is 6.92 Å². The second kappa shape index (κ2) is 1.51. The van der Waals surface area contributed by atoms with Gasteiger partial charge in [0.25, 0.3) is 0 Å². The van der Waals surface area contributed by atoms with Crippen LogP contribution in [0.2, 0.25) is 0 Å². The molecule has 0 aliphatic heterocycles. The van der Waals surface area contributed by atoms with Crippen LogP contribution in [-0.4, -0.2) is 10.7 Å². The van der Waals surface area contributed by atoms with Gasteiger partial charge in [0.2, 0.25) is 0 Å². The van der Waals surface area contributed by atoms with E-state index in [9.17, 15) is 5.11 Å². The molecule has 1 N–H and O–H groups in total. The van der Waals surface area contributed by atoms with E-state index in [0.717, 1.165) is 12.3 Å². The van der Waals surface area contributed by atoms with Crippen LogP contribution in [0.25, 0.3) is 0 Å². The Hall–Kier alpha value is -0.0400. The van der Waals surface area contributed by atoms with E-state index in [2.05, 4.69) is 0 Å². The maximum absolute atomic E-state index is 9.68. The normalized spacial score (nSPS) is 56.7. The van der Waals surface area contributed by atoms with Gasteiger partial charge in [0.15, 0.2) is 0 Å². The first-order valence-corrected chi connectivity index (χ1v) is 3.92. The minimum absolute atomic E-state index is 0.289. The van der Waals surface area contributed by atoms with Gasteiger partial charge in [-0.05, 0) is 38.0 Å². The monoisotopic (exact) mass is 126 g/mol. The van der Waals surface area contributed by atoms with Gasteiger partial charge in [-0.25, -0.2) is 0 Å². The van der Waals surface area contributed by atoms with Crippen LogP contribution in [0.4, 0.5) is 0 Å². The summed E-state index contributed by atoms with van der Waals surface area (Å²) in [6, 6.07) is 0. The molecule has 0 aromatic heterocycles. The summed E-state index contributed by atoms with van der Waals surface area (Å²) in [5.41, 5.74) is -0.289. The Bertz CT molecular complexity index is 129. The van der Waals surface area contributed by atoms with Crippen LogP contribution in [-0.2, 0) is 0 Å². The average Bonchev–Trinajstić information content (AvgIpc) is 2.43. The van der Waals surface area contributed by atoms with Crippen LogP contribution >= 0.6 is 0 Å². The predicted octanol–water partition coefficient (Wildman–Crippen LogP) is 1.56. The number of hydrogen-bond donors (Lipinski definition) is 1. The van der Waals surface area contributed by atoms with Crippen LogP contribution in [0.5, 0.6) is 0 Å². The molecule has 2 fully saturated rings. The van der Waals surface area contributed by atoms with Crippen molar-refractivity contribution in [2.75, 3.05) is 0 Å². The molecule has 3 atom stereocenters. The van der Waals surface area contributed by atoms with Gasteiger partial charge in [-0.3, -0.25) is 0 Å². The highest BCUT2D eigenvalue weighted by atomic mass is 16.3. The number of hydrogen-bond acceptors (Lipinski definition) is 1. The van der Waals surface area contributed by atoms with Crippen molar-refractivity contribution in [3.8, 4) is 0 Å². The second-order valence-electron chi connectivity index (χ2n) is 3.85. The number of aliphatic hydroxyl groups is 1. The minimum atomic E-state index is -0.289. The van der Waals surface area contributed by atoms with E-state index in [1.165, 1.54) is 19.3 Å². The van der Waals surface area contributed by atoms with Crippen molar-refractivity contribution < 1.29 is 5.11 Å². The Kier molecular flexibility index (Phi) is 0.963. The average molecular weight is 126 g/mol. The third-order valence-electron chi connectivity index (χ3n) is 2.98. The van der Waals surface area contributed by atoms with Crippen LogP contribution in [0.3, 0.4) is 0 Å². The molecule has 2 saturated carbocycles. The van der Waals surface area contributed by atoms with Crippen LogP contribution in [0, 0.1) is 11.8 Å². The molecule has 0 saturated heterocycles. The Labute approximate surface area is 56.1 Å². The molecule has 0 spiro atoms. The molecule has 2 rings (SSSR count). The number of fused-ring (bicyclic) bond motifs is 1. The third kappa shape index (κ3) is 0.787. The summed E-state index contributed by atoms with van der Waals surface area (Å²) in [5.74, 6) is 1.57. The first kappa shape index (κ1) is 5.72. The summed E-state index contributed by atoms with van der Waals surface area (Å²) in [6.07, 6.45) is 4.95. The fourth-order valence-electron chi connectivity index (χ4n) is 2.24. The molecule has 0 amide bonds. The van der Waals surface area contributed by atoms with Gasteiger partial charge in [-0.15, -0.1) is 0 Å². The van der Waals surface area contributed by atoms with Crippen LogP contribution in [0.15, 0.2) is 0 Å². The quantitative estimate of drug-likeness (QED) is 0.522. The van der Waals surface area contributed by atoms with E-state index in [-0.39, 0.29) is 5.60 Å². The van der Waals surface area contributed by atoms with Crippen molar-refractivity contribution in [1.82, 2.24) is 0 Å². The van der Waals surface area contributed by atoms with Crippen molar-refractivity contribution in [2.24, 2.45) is 11.8 Å². The first-order chi connectivity index (χ1) is 4.20. The van der Waals surface area contributed by atoms with E-state index in [1.54, 1.807) is 0 Å². The Balaban J connectivity index is 2.09. The molecule has 9 heavy (non-hydrogen) atoms.